The van der Waals surface area contributed by atoms with E-state index in [0.29, 0.717) is 18.7 Å². The van der Waals surface area contributed by atoms with Crippen LogP contribution in [0.5, 0.6) is 0 Å². The summed E-state index contributed by atoms with van der Waals surface area (Å²) in [7, 11) is 0. The van der Waals surface area contributed by atoms with Gasteiger partial charge in [0.1, 0.15) is 11.6 Å². The highest BCUT2D eigenvalue weighted by Crippen LogP contribution is 2.22. The minimum atomic E-state index is -0.707. The van der Waals surface area contributed by atoms with Crippen LogP contribution in [-0.2, 0) is 24.3 Å². The number of carbonyl (C=O) groups excluding carboxylic acids is 1. The van der Waals surface area contributed by atoms with Gasteiger partial charge >= 0.3 is 5.69 Å². The number of aromatic amines is 1. The third-order valence-corrected chi connectivity index (χ3v) is 5.21. The zero-order valence-corrected chi connectivity index (χ0v) is 18.1. The fraction of sp³-hybridized carbons (Fsp3) is 0.286. The monoisotopic (exact) mass is 474 g/mol. The number of amides is 1. The van der Waals surface area contributed by atoms with Crippen molar-refractivity contribution in [1.82, 2.24) is 9.55 Å². The molecule has 0 aliphatic carbocycles. The second-order valence-corrected chi connectivity index (χ2v) is 7.78. The molecule has 30 heavy (non-hydrogen) atoms. The number of rotatable bonds is 8. The standard InChI is InChI=1S/C21H23BrN4O4/c1-2-3-10-25-19(23)18(20(28)24-21(25)29)26(13-16-5-4-11-30-16)17(27)12-14-6-8-15(22)9-7-14/h4-9,11H,2-3,10,12-13,23H2,1H3,(H,24,28,29). The summed E-state index contributed by atoms with van der Waals surface area (Å²) in [5.74, 6) is 0.115. The summed E-state index contributed by atoms with van der Waals surface area (Å²) in [5.41, 5.74) is 5.65. The van der Waals surface area contributed by atoms with Crippen molar-refractivity contribution in [2.24, 2.45) is 0 Å². The van der Waals surface area contributed by atoms with E-state index < -0.39 is 11.2 Å². The van der Waals surface area contributed by atoms with Gasteiger partial charge in [0.05, 0.1) is 19.2 Å². The summed E-state index contributed by atoms with van der Waals surface area (Å²) in [6.45, 7) is 2.35. The van der Waals surface area contributed by atoms with E-state index in [9.17, 15) is 14.4 Å². The Labute approximate surface area is 181 Å². The largest absolute Gasteiger partial charge is 0.467 e. The van der Waals surface area contributed by atoms with Crippen molar-refractivity contribution in [2.75, 3.05) is 10.6 Å². The van der Waals surface area contributed by atoms with E-state index in [1.165, 1.54) is 15.7 Å². The van der Waals surface area contributed by atoms with Crippen LogP contribution in [0.25, 0.3) is 0 Å². The molecule has 1 aromatic carbocycles. The van der Waals surface area contributed by atoms with Crippen LogP contribution in [0.3, 0.4) is 0 Å². The summed E-state index contributed by atoms with van der Waals surface area (Å²) in [6.07, 6.45) is 3.10. The normalized spacial score (nSPS) is 10.9. The molecule has 158 valence electrons. The molecule has 0 saturated carbocycles. The van der Waals surface area contributed by atoms with Gasteiger partial charge in [0.2, 0.25) is 5.91 Å². The molecule has 0 atom stereocenters. The summed E-state index contributed by atoms with van der Waals surface area (Å²) < 4.78 is 7.57. The molecule has 3 N–H and O–H groups in total. The summed E-state index contributed by atoms with van der Waals surface area (Å²) in [5, 5.41) is 0. The average Bonchev–Trinajstić information content (AvgIpc) is 3.22. The molecule has 8 nitrogen and oxygen atoms in total. The number of carbonyl (C=O) groups is 1. The molecule has 2 aromatic heterocycles. The molecule has 3 rings (SSSR count). The first-order chi connectivity index (χ1) is 14.4. The van der Waals surface area contributed by atoms with Crippen LogP contribution in [-0.4, -0.2) is 15.5 Å². The van der Waals surface area contributed by atoms with Gasteiger partial charge in [-0.3, -0.25) is 24.0 Å². The highest BCUT2D eigenvalue weighted by Gasteiger charge is 2.25. The molecule has 3 aromatic rings. The van der Waals surface area contributed by atoms with Crippen molar-refractivity contribution in [1.29, 1.82) is 0 Å². The van der Waals surface area contributed by atoms with Crippen molar-refractivity contribution in [3.05, 3.63) is 79.3 Å². The highest BCUT2D eigenvalue weighted by atomic mass is 79.9. The lowest BCUT2D eigenvalue weighted by Gasteiger charge is -2.24. The lowest BCUT2D eigenvalue weighted by Crippen LogP contribution is -2.41. The molecule has 2 heterocycles. The maximum Gasteiger partial charge on any atom is 0.330 e. The van der Waals surface area contributed by atoms with E-state index in [2.05, 4.69) is 20.9 Å². The number of benzene rings is 1. The molecule has 0 saturated heterocycles. The van der Waals surface area contributed by atoms with Crippen molar-refractivity contribution < 1.29 is 9.21 Å². The first kappa shape index (κ1) is 21.6. The molecule has 0 aliphatic rings. The van der Waals surface area contributed by atoms with Crippen LogP contribution in [0.1, 0.15) is 31.1 Å². The quantitative estimate of drug-likeness (QED) is 0.520. The number of nitrogens with two attached hydrogens (primary N) is 1. The molecule has 0 fully saturated rings. The number of hydrogen-bond acceptors (Lipinski definition) is 5. The third-order valence-electron chi connectivity index (χ3n) is 4.68. The minimum absolute atomic E-state index is 0.0155. The topological polar surface area (TPSA) is 114 Å². The smallest absolute Gasteiger partial charge is 0.330 e. The Morgan fingerprint density at radius 2 is 1.97 bits per heavy atom. The summed E-state index contributed by atoms with van der Waals surface area (Å²) in [6, 6.07) is 10.7. The van der Waals surface area contributed by atoms with Gasteiger partial charge < -0.3 is 10.2 Å². The zero-order chi connectivity index (χ0) is 21.7. The van der Waals surface area contributed by atoms with Crippen LogP contribution >= 0.6 is 15.9 Å². The van der Waals surface area contributed by atoms with Gasteiger partial charge in [0.25, 0.3) is 5.56 Å². The molecular formula is C21H23BrN4O4. The molecule has 0 unspecified atom stereocenters. The Hall–Kier alpha value is -3.07. The number of H-pyrrole nitrogens is 1. The Morgan fingerprint density at radius 3 is 2.60 bits per heavy atom. The molecule has 1 amide bonds. The van der Waals surface area contributed by atoms with Crippen LogP contribution in [0.2, 0.25) is 0 Å². The summed E-state index contributed by atoms with van der Waals surface area (Å²) in [4.78, 5) is 41.7. The van der Waals surface area contributed by atoms with E-state index in [1.54, 1.807) is 12.1 Å². The van der Waals surface area contributed by atoms with Gasteiger partial charge in [-0.25, -0.2) is 4.79 Å². The number of nitrogens with one attached hydrogen (secondary N) is 1. The van der Waals surface area contributed by atoms with Crippen LogP contribution in [0, 0.1) is 0 Å². The predicted octanol–water partition coefficient (Wildman–Crippen LogP) is 3.05. The second-order valence-electron chi connectivity index (χ2n) is 6.86. The van der Waals surface area contributed by atoms with Crippen LogP contribution < -0.4 is 21.9 Å². The summed E-state index contributed by atoms with van der Waals surface area (Å²) >= 11 is 3.37. The molecule has 0 aliphatic heterocycles. The van der Waals surface area contributed by atoms with E-state index in [-0.39, 0.29) is 30.4 Å². The van der Waals surface area contributed by atoms with E-state index in [4.69, 9.17) is 10.2 Å². The number of aromatic nitrogens is 2. The molecule has 0 radical (unpaired) electrons. The molecule has 9 heteroatoms. The van der Waals surface area contributed by atoms with E-state index in [0.717, 1.165) is 16.5 Å². The Kier molecular flexibility index (Phi) is 6.94. The van der Waals surface area contributed by atoms with Crippen molar-refractivity contribution in [3.8, 4) is 0 Å². The zero-order valence-electron chi connectivity index (χ0n) is 16.6. The number of furan rings is 1. The van der Waals surface area contributed by atoms with Crippen LogP contribution in [0.4, 0.5) is 11.5 Å². The molecule has 0 spiro atoms. The van der Waals surface area contributed by atoms with Crippen molar-refractivity contribution in [2.45, 2.75) is 39.3 Å². The Morgan fingerprint density at radius 1 is 1.23 bits per heavy atom. The third kappa shape index (κ3) is 4.91. The van der Waals surface area contributed by atoms with Gasteiger partial charge in [-0.15, -0.1) is 0 Å². The number of nitrogen functional groups attached to an aromatic ring is 1. The van der Waals surface area contributed by atoms with Crippen LogP contribution in [0.15, 0.2) is 61.1 Å². The minimum Gasteiger partial charge on any atom is -0.467 e. The first-order valence-corrected chi connectivity index (χ1v) is 10.4. The number of hydrogen-bond donors (Lipinski definition) is 2. The fourth-order valence-corrected chi connectivity index (χ4v) is 3.36. The van der Waals surface area contributed by atoms with E-state index >= 15 is 0 Å². The lowest BCUT2D eigenvalue weighted by atomic mass is 10.1. The van der Waals surface area contributed by atoms with Gasteiger partial charge in [0, 0.05) is 11.0 Å². The lowest BCUT2D eigenvalue weighted by molar-refractivity contribution is -0.118. The first-order valence-electron chi connectivity index (χ1n) is 9.60. The van der Waals surface area contributed by atoms with Gasteiger partial charge in [-0.2, -0.15) is 0 Å². The van der Waals surface area contributed by atoms with Gasteiger partial charge in [-0.1, -0.05) is 41.4 Å². The van der Waals surface area contributed by atoms with Gasteiger partial charge in [-0.05, 0) is 36.2 Å². The highest BCUT2D eigenvalue weighted by molar-refractivity contribution is 9.10. The fourth-order valence-electron chi connectivity index (χ4n) is 3.10. The predicted molar refractivity (Wildman–Crippen MR) is 118 cm³/mol. The molecule has 0 bridgehead atoms. The molecular weight excluding hydrogens is 452 g/mol. The van der Waals surface area contributed by atoms with Gasteiger partial charge in [0.15, 0.2) is 5.69 Å². The second kappa shape index (κ2) is 9.62. The van der Waals surface area contributed by atoms with Crippen molar-refractivity contribution >= 4 is 33.3 Å². The maximum absolute atomic E-state index is 13.2. The maximum atomic E-state index is 13.2. The van der Waals surface area contributed by atoms with Crippen molar-refractivity contribution in [3.63, 3.8) is 0 Å². The van der Waals surface area contributed by atoms with E-state index in [1.807, 2.05) is 31.2 Å². The number of anilines is 2. The SMILES string of the molecule is CCCCn1c(N)c(N(Cc2ccco2)C(=O)Cc2ccc(Br)cc2)c(=O)[nH]c1=O. The Balaban J connectivity index is 2.03. The number of halogens is 1. The Bertz CT molecular complexity index is 1120. The average molecular weight is 475 g/mol. The number of nitrogens with zero attached hydrogens (tertiary/aromatic N) is 2. The number of unbranched alkanes of at least 4 members (excludes halogenated alkanes) is 1.